The first-order chi connectivity index (χ1) is 9.56. The molecule has 1 aromatic rings. The van der Waals surface area contributed by atoms with Gasteiger partial charge in [0.1, 0.15) is 23.7 Å². The smallest absolute Gasteiger partial charge is 0.153 e. The van der Waals surface area contributed by atoms with E-state index in [4.69, 9.17) is 10.5 Å². The Morgan fingerprint density at radius 2 is 1.75 bits per heavy atom. The van der Waals surface area contributed by atoms with Crippen LogP contribution in [0, 0.1) is 22.7 Å². The van der Waals surface area contributed by atoms with Crippen molar-refractivity contribution in [2.45, 2.75) is 25.9 Å². The van der Waals surface area contributed by atoms with Crippen LogP contribution in [0.25, 0.3) is 0 Å². The van der Waals surface area contributed by atoms with Gasteiger partial charge in [0.05, 0.1) is 12.1 Å². The van der Waals surface area contributed by atoms with Gasteiger partial charge < -0.3 is 10.6 Å². The van der Waals surface area contributed by atoms with Crippen molar-refractivity contribution in [3.63, 3.8) is 0 Å². The van der Waals surface area contributed by atoms with Gasteiger partial charge in [-0.05, 0) is 19.4 Å². The first kappa shape index (κ1) is 13.6. The van der Waals surface area contributed by atoms with Gasteiger partial charge in [-0.15, -0.1) is 0 Å². The average Bonchev–Trinajstić information content (AvgIpc) is 2.46. The number of nitriles is 2. The lowest BCUT2D eigenvalue weighted by Gasteiger charge is -2.33. The van der Waals surface area contributed by atoms with E-state index < -0.39 is 5.54 Å². The van der Waals surface area contributed by atoms with Crippen molar-refractivity contribution in [1.82, 2.24) is 10.6 Å². The van der Waals surface area contributed by atoms with Gasteiger partial charge in [-0.25, -0.2) is 0 Å². The van der Waals surface area contributed by atoms with Crippen LogP contribution < -0.4 is 10.6 Å². The summed E-state index contributed by atoms with van der Waals surface area (Å²) in [6, 6.07) is 13.8. The lowest BCUT2D eigenvalue weighted by molar-refractivity contribution is 0.539. The molecule has 0 unspecified atom stereocenters. The molecule has 2 rings (SSSR count). The van der Waals surface area contributed by atoms with E-state index in [2.05, 4.69) is 15.6 Å². The standard InChI is InChI=1S/C15H15N5/c1-15(2)14(18-10-11-6-4-3-5-7-11)19-12(8-16)13(9-17)20-15/h3-7,20H,10H2,1-2H3,(H,18,19). The molecule has 5 heteroatoms. The molecule has 0 bridgehead atoms. The highest BCUT2D eigenvalue weighted by Crippen LogP contribution is 2.16. The number of benzene rings is 1. The highest BCUT2D eigenvalue weighted by atomic mass is 15.2. The second-order valence-corrected chi connectivity index (χ2v) is 5.00. The molecule has 0 atom stereocenters. The van der Waals surface area contributed by atoms with Gasteiger partial charge in [0.2, 0.25) is 0 Å². The third kappa shape index (κ3) is 2.78. The topological polar surface area (TPSA) is 84.0 Å². The molecule has 5 nitrogen and oxygen atoms in total. The molecule has 0 radical (unpaired) electrons. The average molecular weight is 265 g/mol. The minimum atomic E-state index is -0.514. The summed E-state index contributed by atoms with van der Waals surface area (Å²) in [6.45, 7) is 4.35. The summed E-state index contributed by atoms with van der Waals surface area (Å²) in [5, 5.41) is 24.0. The molecule has 0 saturated heterocycles. The van der Waals surface area contributed by atoms with Crippen LogP contribution in [-0.2, 0) is 6.54 Å². The minimum Gasteiger partial charge on any atom is -0.362 e. The Morgan fingerprint density at radius 3 is 2.35 bits per heavy atom. The second kappa shape index (κ2) is 5.46. The van der Waals surface area contributed by atoms with Gasteiger partial charge in [0, 0.05) is 0 Å². The molecule has 1 heterocycles. The van der Waals surface area contributed by atoms with Crippen molar-refractivity contribution in [1.29, 1.82) is 10.5 Å². The van der Waals surface area contributed by atoms with Gasteiger partial charge >= 0.3 is 0 Å². The number of hydrogen-bond acceptors (Lipinski definition) is 4. The maximum Gasteiger partial charge on any atom is 0.153 e. The summed E-state index contributed by atoms with van der Waals surface area (Å²) in [5.74, 6) is 0.650. The van der Waals surface area contributed by atoms with E-state index >= 15 is 0 Å². The zero-order chi connectivity index (χ0) is 14.6. The molecule has 100 valence electrons. The van der Waals surface area contributed by atoms with Crippen LogP contribution in [0.1, 0.15) is 19.4 Å². The number of nitrogens with zero attached hydrogens (tertiary/aromatic N) is 3. The number of aliphatic imine (C=N–C) groups is 1. The fourth-order valence-corrected chi connectivity index (χ4v) is 1.93. The third-order valence-corrected chi connectivity index (χ3v) is 3.01. The van der Waals surface area contributed by atoms with Crippen LogP contribution in [0.3, 0.4) is 0 Å². The number of hydrogen-bond donors (Lipinski definition) is 2. The molecule has 2 N–H and O–H groups in total. The van der Waals surface area contributed by atoms with Gasteiger partial charge in [-0.1, -0.05) is 30.3 Å². The molecule has 0 fully saturated rings. The summed E-state index contributed by atoms with van der Waals surface area (Å²) < 4.78 is 0. The Labute approximate surface area is 118 Å². The maximum absolute atomic E-state index is 9.05. The lowest BCUT2D eigenvalue weighted by Crippen LogP contribution is -2.56. The molecule has 1 aliphatic heterocycles. The van der Waals surface area contributed by atoms with Crippen LogP contribution >= 0.6 is 0 Å². The minimum absolute atomic E-state index is 0.207. The first-order valence-electron chi connectivity index (χ1n) is 6.25. The summed E-state index contributed by atoms with van der Waals surface area (Å²) in [5.41, 5.74) is 1.03. The molecular weight excluding hydrogens is 250 g/mol. The van der Waals surface area contributed by atoms with E-state index in [9.17, 15) is 0 Å². The quantitative estimate of drug-likeness (QED) is 0.854. The van der Waals surface area contributed by atoms with E-state index in [-0.39, 0.29) is 11.4 Å². The van der Waals surface area contributed by atoms with Crippen LogP contribution in [0.15, 0.2) is 46.7 Å². The Kier molecular flexibility index (Phi) is 3.72. The van der Waals surface area contributed by atoms with Crippen molar-refractivity contribution in [2.75, 3.05) is 0 Å². The van der Waals surface area contributed by atoms with Crippen molar-refractivity contribution >= 4 is 5.84 Å². The van der Waals surface area contributed by atoms with Crippen LogP contribution in [0.5, 0.6) is 0 Å². The van der Waals surface area contributed by atoms with E-state index in [1.807, 2.05) is 56.3 Å². The van der Waals surface area contributed by atoms with E-state index in [0.717, 1.165) is 5.56 Å². The monoisotopic (exact) mass is 265 g/mol. The summed E-state index contributed by atoms with van der Waals surface area (Å²) in [6.07, 6.45) is 0. The maximum atomic E-state index is 9.05. The number of nitrogens with one attached hydrogen (secondary N) is 2. The molecule has 0 aliphatic carbocycles. The Bertz CT molecular complexity index is 641. The molecule has 1 aromatic carbocycles. The molecule has 0 aromatic heterocycles. The molecule has 0 amide bonds. The Hall–Kier alpha value is -2.79. The van der Waals surface area contributed by atoms with Crippen LogP contribution in [0.4, 0.5) is 0 Å². The number of amidine groups is 1. The highest BCUT2D eigenvalue weighted by Gasteiger charge is 2.32. The number of allylic oxidation sites excluding steroid dienone is 2. The SMILES string of the molecule is CC1(C)NC(C#N)=C(C#N)NC1=NCc1ccccc1. The van der Waals surface area contributed by atoms with E-state index in [1.54, 1.807) is 0 Å². The van der Waals surface area contributed by atoms with Gasteiger partial charge in [0.15, 0.2) is 5.70 Å². The summed E-state index contributed by atoms with van der Waals surface area (Å²) in [7, 11) is 0. The predicted molar refractivity (Wildman–Crippen MR) is 76.2 cm³/mol. The Balaban J connectivity index is 2.26. The van der Waals surface area contributed by atoms with Crippen molar-refractivity contribution < 1.29 is 0 Å². The van der Waals surface area contributed by atoms with Crippen LogP contribution in [-0.4, -0.2) is 11.4 Å². The van der Waals surface area contributed by atoms with Gasteiger partial charge in [-0.3, -0.25) is 4.99 Å². The van der Waals surface area contributed by atoms with Gasteiger partial charge in [-0.2, -0.15) is 10.5 Å². The molecule has 0 saturated carbocycles. The van der Waals surface area contributed by atoms with E-state index in [1.165, 1.54) is 0 Å². The lowest BCUT2D eigenvalue weighted by atomic mass is 9.99. The van der Waals surface area contributed by atoms with Crippen LogP contribution in [0.2, 0.25) is 0 Å². The van der Waals surface area contributed by atoms with Crippen molar-refractivity contribution in [2.24, 2.45) is 4.99 Å². The first-order valence-corrected chi connectivity index (χ1v) is 6.25. The normalized spacial score (nSPS) is 18.7. The second-order valence-electron chi connectivity index (χ2n) is 5.00. The van der Waals surface area contributed by atoms with Gasteiger partial charge in [0.25, 0.3) is 0 Å². The fourth-order valence-electron chi connectivity index (χ4n) is 1.93. The largest absolute Gasteiger partial charge is 0.362 e. The fraction of sp³-hybridized carbons (Fsp3) is 0.267. The zero-order valence-electron chi connectivity index (χ0n) is 11.4. The molecule has 0 spiro atoms. The molecular formula is C15H15N5. The predicted octanol–water partition coefficient (Wildman–Crippen LogP) is 1.82. The number of rotatable bonds is 2. The highest BCUT2D eigenvalue weighted by molar-refractivity contribution is 5.94. The zero-order valence-corrected chi connectivity index (χ0v) is 11.4. The van der Waals surface area contributed by atoms with Crippen molar-refractivity contribution in [3.05, 3.63) is 47.3 Å². The summed E-state index contributed by atoms with van der Waals surface area (Å²) in [4.78, 5) is 4.52. The van der Waals surface area contributed by atoms with E-state index in [0.29, 0.717) is 12.4 Å². The molecule has 1 aliphatic rings. The summed E-state index contributed by atoms with van der Waals surface area (Å²) >= 11 is 0. The molecule has 20 heavy (non-hydrogen) atoms. The Morgan fingerprint density at radius 1 is 1.10 bits per heavy atom. The third-order valence-electron chi connectivity index (χ3n) is 3.01. The van der Waals surface area contributed by atoms with Crippen molar-refractivity contribution in [3.8, 4) is 12.1 Å².